The minimum Gasteiger partial charge on any atom is -0.478 e. The molecule has 0 aliphatic carbocycles. The summed E-state index contributed by atoms with van der Waals surface area (Å²) in [6.07, 6.45) is 0.0878. The Morgan fingerprint density at radius 3 is 2.00 bits per heavy atom. The number of benzene rings is 3. The van der Waals surface area contributed by atoms with Gasteiger partial charge >= 0.3 is 11.9 Å². The second-order valence-corrected chi connectivity index (χ2v) is 5.82. The molecule has 130 valence electrons. The molecule has 0 bridgehead atoms. The summed E-state index contributed by atoms with van der Waals surface area (Å²) in [7, 11) is 0. The van der Waals surface area contributed by atoms with E-state index in [9.17, 15) is 14.4 Å². The van der Waals surface area contributed by atoms with E-state index in [0.29, 0.717) is 0 Å². The number of hydrogen-bond donors (Lipinski definition) is 3. The second-order valence-electron chi connectivity index (χ2n) is 5.82. The summed E-state index contributed by atoms with van der Waals surface area (Å²) >= 11 is 0. The van der Waals surface area contributed by atoms with Crippen molar-refractivity contribution >= 4 is 34.3 Å². The standard InChI is InChI=1S/C20H15NO5/c22-18(8-12-5-6-13-3-1-2-4-14(13)7-12)21-17-10-15(19(23)24)9-16(11-17)20(25)26/h1-7,9-11H,8H2,(H,21,22)(H,23,24)(H,25,26). The summed E-state index contributed by atoms with van der Waals surface area (Å²) in [4.78, 5) is 34.5. The highest BCUT2D eigenvalue weighted by Crippen LogP contribution is 2.18. The van der Waals surface area contributed by atoms with Crippen LogP contribution in [0.5, 0.6) is 0 Å². The van der Waals surface area contributed by atoms with Crippen molar-refractivity contribution in [3.05, 3.63) is 77.4 Å². The molecule has 1 amide bonds. The summed E-state index contributed by atoms with van der Waals surface area (Å²) < 4.78 is 0. The molecule has 0 aromatic heterocycles. The normalized spacial score (nSPS) is 10.5. The Morgan fingerprint density at radius 1 is 0.769 bits per heavy atom. The fourth-order valence-electron chi connectivity index (χ4n) is 2.69. The van der Waals surface area contributed by atoms with E-state index < -0.39 is 11.9 Å². The largest absolute Gasteiger partial charge is 0.478 e. The van der Waals surface area contributed by atoms with Crippen LogP contribution in [-0.2, 0) is 11.2 Å². The molecule has 3 rings (SSSR count). The van der Waals surface area contributed by atoms with Crippen LogP contribution in [0, 0.1) is 0 Å². The van der Waals surface area contributed by atoms with Crippen molar-refractivity contribution in [3.8, 4) is 0 Å². The van der Waals surface area contributed by atoms with E-state index >= 15 is 0 Å². The SMILES string of the molecule is O=C(Cc1ccc2ccccc2c1)Nc1cc(C(=O)O)cc(C(=O)O)c1. The Hall–Kier alpha value is -3.67. The quantitative estimate of drug-likeness (QED) is 0.655. The van der Waals surface area contributed by atoms with Gasteiger partial charge in [-0.3, -0.25) is 4.79 Å². The summed E-state index contributed by atoms with van der Waals surface area (Å²) in [6, 6.07) is 17.0. The molecule has 3 aromatic rings. The van der Waals surface area contributed by atoms with E-state index in [1.54, 1.807) is 0 Å². The topological polar surface area (TPSA) is 104 Å². The highest BCUT2D eigenvalue weighted by Gasteiger charge is 2.13. The molecule has 0 saturated heterocycles. The van der Waals surface area contributed by atoms with E-state index in [2.05, 4.69) is 5.32 Å². The zero-order chi connectivity index (χ0) is 18.7. The third kappa shape index (κ3) is 3.87. The van der Waals surface area contributed by atoms with Gasteiger partial charge in [-0.15, -0.1) is 0 Å². The third-order valence-corrected chi connectivity index (χ3v) is 3.89. The average Bonchev–Trinajstić information content (AvgIpc) is 2.61. The van der Waals surface area contributed by atoms with Crippen LogP contribution in [0.25, 0.3) is 10.8 Å². The number of carboxylic acid groups (broad SMARTS) is 2. The van der Waals surface area contributed by atoms with Gasteiger partial charge in [-0.1, -0.05) is 42.5 Å². The first-order chi connectivity index (χ1) is 12.4. The van der Waals surface area contributed by atoms with Crippen molar-refractivity contribution in [2.75, 3.05) is 5.32 Å². The fraction of sp³-hybridized carbons (Fsp3) is 0.0500. The van der Waals surface area contributed by atoms with Crippen molar-refractivity contribution in [1.82, 2.24) is 0 Å². The molecule has 0 spiro atoms. The maximum Gasteiger partial charge on any atom is 0.335 e. The van der Waals surface area contributed by atoms with Gasteiger partial charge in [0.2, 0.25) is 5.91 Å². The Morgan fingerprint density at radius 2 is 1.38 bits per heavy atom. The van der Waals surface area contributed by atoms with E-state index in [1.165, 1.54) is 12.1 Å². The second kappa shape index (κ2) is 7.06. The lowest BCUT2D eigenvalue weighted by Crippen LogP contribution is -2.15. The summed E-state index contributed by atoms with van der Waals surface area (Å²) in [5, 5.41) is 22.8. The van der Waals surface area contributed by atoms with Crippen LogP contribution in [-0.4, -0.2) is 28.1 Å². The number of hydrogen-bond acceptors (Lipinski definition) is 3. The van der Waals surface area contributed by atoms with Crippen molar-refractivity contribution in [1.29, 1.82) is 0 Å². The molecule has 3 N–H and O–H groups in total. The first-order valence-electron chi connectivity index (χ1n) is 7.81. The molecule has 0 aliphatic rings. The van der Waals surface area contributed by atoms with Gasteiger partial charge in [-0.25, -0.2) is 9.59 Å². The van der Waals surface area contributed by atoms with E-state index in [1.807, 2.05) is 42.5 Å². The van der Waals surface area contributed by atoms with Gasteiger partial charge < -0.3 is 15.5 Å². The first-order valence-corrected chi connectivity index (χ1v) is 7.81. The number of amides is 1. The summed E-state index contributed by atoms with van der Waals surface area (Å²) in [5.74, 6) is -2.89. The number of carboxylic acids is 2. The van der Waals surface area contributed by atoms with Gasteiger partial charge in [0.05, 0.1) is 17.5 Å². The molecule has 0 unspecified atom stereocenters. The lowest BCUT2D eigenvalue weighted by molar-refractivity contribution is -0.115. The van der Waals surface area contributed by atoms with Gasteiger partial charge in [0.1, 0.15) is 0 Å². The smallest absolute Gasteiger partial charge is 0.335 e. The zero-order valence-corrected chi connectivity index (χ0v) is 13.6. The molecular weight excluding hydrogens is 334 g/mol. The van der Waals surface area contributed by atoms with Crippen molar-refractivity contribution < 1.29 is 24.6 Å². The molecule has 0 saturated carbocycles. The number of rotatable bonds is 5. The molecule has 0 fully saturated rings. The number of nitrogens with one attached hydrogen (secondary N) is 1. The number of fused-ring (bicyclic) bond motifs is 1. The van der Waals surface area contributed by atoms with Crippen LogP contribution >= 0.6 is 0 Å². The van der Waals surface area contributed by atoms with Crippen LogP contribution in [0.4, 0.5) is 5.69 Å². The maximum atomic E-state index is 12.3. The maximum absolute atomic E-state index is 12.3. The lowest BCUT2D eigenvalue weighted by Gasteiger charge is -2.08. The fourth-order valence-corrected chi connectivity index (χ4v) is 2.69. The van der Waals surface area contributed by atoms with Crippen molar-refractivity contribution in [2.45, 2.75) is 6.42 Å². The molecule has 6 nitrogen and oxygen atoms in total. The molecule has 0 atom stereocenters. The van der Waals surface area contributed by atoms with Gasteiger partial charge in [0, 0.05) is 5.69 Å². The lowest BCUT2D eigenvalue weighted by atomic mass is 10.0. The Bertz CT molecular complexity index is 993. The predicted octanol–water partition coefficient (Wildman–Crippen LogP) is 3.42. The van der Waals surface area contributed by atoms with Crippen LogP contribution in [0.3, 0.4) is 0 Å². The molecule has 0 aliphatic heterocycles. The monoisotopic (exact) mass is 349 g/mol. The summed E-state index contributed by atoms with van der Waals surface area (Å²) in [5.41, 5.74) is 0.527. The highest BCUT2D eigenvalue weighted by atomic mass is 16.4. The number of aromatic carboxylic acids is 2. The van der Waals surface area contributed by atoms with Gasteiger partial charge in [0.25, 0.3) is 0 Å². The third-order valence-electron chi connectivity index (χ3n) is 3.89. The van der Waals surface area contributed by atoms with Crippen molar-refractivity contribution in [2.24, 2.45) is 0 Å². The highest BCUT2D eigenvalue weighted by molar-refractivity contribution is 5.99. The number of carbonyl (C=O) groups excluding carboxylic acids is 1. The molecule has 0 radical (unpaired) electrons. The molecular formula is C20H15NO5. The van der Waals surface area contributed by atoms with Crippen LogP contribution in [0.2, 0.25) is 0 Å². The Labute approximate surface area is 148 Å². The van der Waals surface area contributed by atoms with Crippen LogP contribution < -0.4 is 5.32 Å². The molecule has 6 heteroatoms. The van der Waals surface area contributed by atoms with E-state index in [-0.39, 0.29) is 29.1 Å². The zero-order valence-electron chi connectivity index (χ0n) is 13.6. The minimum atomic E-state index is -1.27. The van der Waals surface area contributed by atoms with Crippen molar-refractivity contribution in [3.63, 3.8) is 0 Å². The van der Waals surface area contributed by atoms with Gasteiger partial charge in [-0.2, -0.15) is 0 Å². The number of anilines is 1. The predicted molar refractivity (Wildman–Crippen MR) is 96.6 cm³/mol. The first kappa shape index (κ1) is 17.2. The summed E-state index contributed by atoms with van der Waals surface area (Å²) in [6.45, 7) is 0. The molecule has 26 heavy (non-hydrogen) atoms. The Balaban J connectivity index is 1.80. The number of carbonyl (C=O) groups is 3. The van der Waals surface area contributed by atoms with E-state index in [4.69, 9.17) is 10.2 Å². The molecule has 0 heterocycles. The van der Waals surface area contributed by atoms with E-state index in [0.717, 1.165) is 22.4 Å². The average molecular weight is 349 g/mol. The van der Waals surface area contributed by atoms with Crippen LogP contribution in [0.1, 0.15) is 26.3 Å². The molecule has 3 aromatic carbocycles. The van der Waals surface area contributed by atoms with Crippen LogP contribution in [0.15, 0.2) is 60.7 Å². The van der Waals surface area contributed by atoms with Gasteiger partial charge in [-0.05, 0) is 34.5 Å². The van der Waals surface area contributed by atoms with Gasteiger partial charge in [0.15, 0.2) is 0 Å². The minimum absolute atomic E-state index is 0.0878. The Kier molecular flexibility index (Phi) is 4.66.